The largest absolute Gasteiger partial charge is 0.388 e. The summed E-state index contributed by atoms with van der Waals surface area (Å²) in [4.78, 5) is 4.84. The molecule has 0 aliphatic heterocycles. The van der Waals surface area contributed by atoms with Crippen LogP contribution in [0.2, 0.25) is 0 Å². The van der Waals surface area contributed by atoms with Crippen LogP contribution in [0.3, 0.4) is 0 Å². The van der Waals surface area contributed by atoms with Crippen molar-refractivity contribution in [3.63, 3.8) is 0 Å². The Balaban J connectivity index is 2.23. The van der Waals surface area contributed by atoms with E-state index in [1.165, 1.54) is 15.8 Å². The Hall–Kier alpha value is -0.840. The number of thiophene rings is 1. The smallest absolute Gasteiger partial charge is 0.103 e. The molecule has 0 saturated carbocycles. The minimum absolute atomic E-state index is 0.317. The lowest BCUT2D eigenvalue weighted by atomic mass is 10.2. The van der Waals surface area contributed by atoms with E-state index in [-0.39, 0.29) is 6.10 Å². The molecule has 0 aromatic carbocycles. The summed E-state index contributed by atoms with van der Waals surface area (Å²) in [6.45, 7) is 12.9. The Kier molecular flexibility index (Phi) is 5.24. The molecule has 1 N–H and O–H groups in total. The van der Waals surface area contributed by atoms with E-state index in [4.69, 9.17) is 0 Å². The first-order chi connectivity index (χ1) is 9.60. The SMILES string of the molecule is CCC(O)c1cc2c(C)cn(CCN(CC)CC)c2s1. The number of nitrogens with zero attached hydrogens (tertiary/aromatic N) is 2. The van der Waals surface area contributed by atoms with E-state index in [2.05, 4.69) is 42.5 Å². The molecule has 1 unspecified atom stereocenters. The molecule has 2 rings (SSSR count). The van der Waals surface area contributed by atoms with Crippen molar-refractivity contribution in [2.75, 3.05) is 19.6 Å². The van der Waals surface area contributed by atoms with Crippen LogP contribution in [-0.4, -0.2) is 34.2 Å². The van der Waals surface area contributed by atoms with Gasteiger partial charge in [0.15, 0.2) is 0 Å². The van der Waals surface area contributed by atoms with Gasteiger partial charge < -0.3 is 14.6 Å². The highest BCUT2D eigenvalue weighted by molar-refractivity contribution is 7.18. The summed E-state index contributed by atoms with van der Waals surface area (Å²) in [5.41, 5.74) is 1.31. The summed E-state index contributed by atoms with van der Waals surface area (Å²) in [5, 5.41) is 11.3. The molecule has 0 aliphatic rings. The van der Waals surface area contributed by atoms with Crippen molar-refractivity contribution in [3.8, 4) is 0 Å². The first-order valence-corrected chi connectivity index (χ1v) is 8.41. The van der Waals surface area contributed by atoms with Gasteiger partial charge in [-0.2, -0.15) is 0 Å². The van der Waals surface area contributed by atoms with Crippen LogP contribution in [0.4, 0.5) is 0 Å². The highest BCUT2D eigenvalue weighted by Gasteiger charge is 2.14. The lowest BCUT2D eigenvalue weighted by Crippen LogP contribution is -2.26. The second-order valence-electron chi connectivity index (χ2n) is 5.32. The van der Waals surface area contributed by atoms with Gasteiger partial charge in [-0.15, -0.1) is 11.3 Å². The lowest BCUT2D eigenvalue weighted by molar-refractivity contribution is 0.177. The lowest BCUT2D eigenvalue weighted by Gasteiger charge is -2.18. The van der Waals surface area contributed by atoms with Gasteiger partial charge in [-0.25, -0.2) is 0 Å². The van der Waals surface area contributed by atoms with E-state index in [1.54, 1.807) is 11.3 Å². The van der Waals surface area contributed by atoms with Crippen LogP contribution in [0.15, 0.2) is 12.3 Å². The number of aliphatic hydroxyl groups is 1. The molecule has 112 valence electrons. The van der Waals surface area contributed by atoms with Crippen molar-refractivity contribution in [1.29, 1.82) is 0 Å². The molecular formula is C16H26N2OS. The predicted molar refractivity (Wildman–Crippen MR) is 87.6 cm³/mol. The maximum absolute atomic E-state index is 10.0. The molecular weight excluding hydrogens is 268 g/mol. The first kappa shape index (κ1) is 15.5. The Morgan fingerprint density at radius 2 is 2.00 bits per heavy atom. The molecule has 3 nitrogen and oxygen atoms in total. The molecule has 4 heteroatoms. The van der Waals surface area contributed by atoms with E-state index >= 15 is 0 Å². The van der Waals surface area contributed by atoms with Gasteiger partial charge in [0.25, 0.3) is 0 Å². The van der Waals surface area contributed by atoms with Crippen LogP contribution in [-0.2, 0) is 6.54 Å². The first-order valence-electron chi connectivity index (χ1n) is 7.60. The number of rotatable bonds is 7. The molecule has 20 heavy (non-hydrogen) atoms. The van der Waals surface area contributed by atoms with Crippen LogP contribution < -0.4 is 0 Å². The zero-order chi connectivity index (χ0) is 14.7. The van der Waals surface area contributed by atoms with Crippen LogP contribution in [0.1, 0.15) is 43.7 Å². The second-order valence-corrected chi connectivity index (χ2v) is 6.39. The van der Waals surface area contributed by atoms with Gasteiger partial charge in [0.2, 0.25) is 0 Å². The van der Waals surface area contributed by atoms with E-state index in [1.807, 2.05) is 6.92 Å². The van der Waals surface area contributed by atoms with Crippen molar-refractivity contribution >= 4 is 21.6 Å². The second kappa shape index (κ2) is 6.74. The standard InChI is InChI=1S/C16H26N2OS/c1-5-14(19)15-10-13-12(4)11-18(16(13)20-15)9-8-17(6-2)7-3/h10-11,14,19H,5-9H2,1-4H3. The summed E-state index contributed by atoms with van der Waals surface area (Å²) in [7, 11) is 0. The van der Waals surface area contributed by atoms with Crippen molar-refractivity contribution in [1.82, 2.24) is 9.47 Å². The molecule has 0 bridgehead atoms. The molecule has 0 spiro atoms. The Morgan fingerprint density at radius 3 is 2.60 bits per heavy atom. The van der Waals surface area contributed by atoms with Crippen molar-refractivity contribution < 1.29 is 5.11 Å². The van der Waals surface area contributed by atoms with Gasteiger partial charge in [-0.3, -0.25) is 0 Å². The predicted octanol–water partition coefficient (Wildman–Crippen LogP) is 3.80. The zero-order valence-electron chi connectivity index (χ0n) is 13.0. The summed E-state index contributed by atoms with van der Waals surface area (Å²) in [5.74, 6) is 0. The molecule has 0 saturated heterocycles. The minimum Gasteiger partial charge on any atom is -0.388 e. The monoisotopic (exact) mass is 294 g/mol. The third kappa shape index (κ3) is 3.08. The van der Waals surface area contributed by atoms with E-state index in [0.29, 0.717) is 0 Å². The zero-order valence-corrected chi connectivity index (χ0v) is 13.8. The number of likely N-dealkylation sites (N-methyl/N-ethyl adjacent to an activating group) is 1. The van der Waals surface area contributed by atoms with E-state index in [9.17, 15) is 5.11 Å². The maximum atomic E-state index is 10.0. The highest BCUT2D eigenvalue weighted by Crippen LogP contribution is 2.34. The average Bonchev–Trinajstić information content (AvgIpc) is 3.01. The van der Waals surface area contributed by atoms with Crippen LogP contribution in [0.5, 0.6) is 0 Å². The molecule has 2 heterocycles. The summed E-state index contributed by atoms with van der Waals surface area (Å²) in [6.07, 6.45) is 2.71. The quantitative estimate of drug-likeness (QED) is 0.841. The van der Waals surface area contributed by atoms with Crippen LogP contribution in [0.25, 0.3) is 10.2 Å². The van der Waals surface area contributed by atoms with Gasteiger partial charge in [-0.05, 0) is 38.1 Å². The van der Waals surface area contributed by atoms with Gasteiger partial charge in [-0.1, -0.05) is 20.8 Å². The fraction of sp³-hybridized carbons (Fsp3) is 0.625. The summed E-state index contributed by atoms with van der Waals surface area (Å²) in [6, 6.07) is 2.16. The maximum Gasteiger partial charge on any atom is 0.103 e. The molecule has 2 aromatic rings. The summed E-state index contributed by atoms with van der Waals surface area (Å²) >= 11 is 1.74. The summed E-state index contributed by atoms with van der Waals surface area (Å²) < 4.78 is 2.35. The fourth-order valence-electron chi connectivity index (χ4n) is 2.58. The molecule has 0 fully saturated rings. The van der Waals surface area contributed by atoms with Crippen molar-refractivity contribution in [2.45, 2.75) is 46.8 Å². The Labute approximate surface area is 125 Å². The van der Waals surface area contributed by atoms with Gasteiger partial charge >= 0.3 is 0 Å². The van der Waals surface area contributed by atoms with Crippen LogP contribution >= 0.6 is 11.3 Å². The molecule has 2 aromatic heterocycles. The molecule has 0 amide bonds. The Morgan fingerprint density at radius 1 is 1.30 bits per heavy atom. The van der Waals surface area contributed by atoms with Gasteiger partial charge in [0, 0.05) is 29.5 Å². The topological polar surface area (TPSA) is 28.4 Å². The van der Waals surface area contributed by atoms with Crippen LogP contribution in [0, 0.1) is 6.92 Å². The Bertz CT molecular complexity index is 554. The fourth-order valence-corrected chi connectivity index (χ4v) is 3.87. The average molecular weight is 294 g/mol. The van der Waals surface area contributed by atoms with Crippen molar-refractivity contribution in [2.24, 2.45) is 0 Å². The third-order valence-corrected chi connectivity index (χ3v) is 5.31. The molecule has 1 atom stereocenters. The molecule has 0 radical (unpaired) electrons. The van der Waals surface area contributed by atoms with Gasteiger partial charge in [0.05, 0.1) is 6.10 Å². The number of hydrogen-bond acceptors (Lipinski definition) is 3. The van der Waals surface area contributed by atoms with Crippen molar-refractivity contribution in [3.05, 3.63) is 22.7 Å². The van der Waals surface area contributed by atoms with Gasteiger partial charge in [0.1, 0.15) is 4.83 Å². The number of aryl methyl sites for hydroxylation is 1. The minimum atomic E-state index is -0.317. The van der Waals surface area contributed by atoms with E-state index < -0.39 is 0 Å². The third-order valence-electron chi connectivity index (χ3n) is 4.03. The highest BCUT2D eigenvalue weighted by atomic mass is 32.1. The number of fused-ring (bicyclic) bond motifs is 1. The normalized spacial score (nSPS) is 13.5. The number of aromatic nitrogens is 1. The van der Waals surface area contributed by atoms with E-state index in [0.717, 1.165) is 37.5 Å². The number of aliphatic hydroxyl groups excluding tert-OH is 1. The molecule has 0 aliphatic carbocycles. The number of hydrogen-bond donors (Lipinski definition) is 1.